The molecule has 0 amide bonds. The summed E-state index contributed by atoms with van der Waals surface area (Å²) in [5, 5.41) is 13.5. The van der Waals surface area contributed by atoms with Gasteiger partial charge in [-0.2, -0.15) is 10.4 Å². The highest BCUT2D eigenvalue weighted by molar-refractivity contribution is 5.36. The first kappa shape index (κ1) is 14.7. The molecule has 1 aromatic heterocycles. The Hall–Kier alpha value is -1.67. The van der Waals surface area contributed by atoms with E-state index in [-0.39, 0.29) is 11.1 Å². The highest BCUT2D eigenvalue weighted by Gasteiger charge is 2.22. The van der Waals surface area contributed by atoms with Crippen LogP contribution in [0.1, 0.15) is 49.4 Å². The van der Waals surface area contributed by atoms with E-state index in [4.69, 9.17) is 5.26 Å². The molecule has 0 unspecified atom stereocenters. The zero-order valence-electron chi connectivity index (χ0n) is 12.5. The molecule has 1 aliphatic rings. The molecule has 0 aromatic carbocycles. The first-order valence-electron chi connectivity index (χ1n) is 7.31. The number of piperidine rings is 1. The van der Waals surface area contributed by atoms with Crippen LogP contribution in [0, 0.1) is 25.2 Å². The number of nitriles is 1. The Morgan fingerprint density at radius 1 is 1.40 bits per heavy atom. The van der Waals surface area contributed by atoms with Crippen molar-refractivity contribution < 1.29 is 0 Å². The molecule has 1 saturated heterocycles. The fourth-order valence-electron chi connectivity index (χ4n) is 2.88. The quantitative estimate of drug-likeness (QED) is 0.845. The number of hydrogen-bond acceptors (Lipinski definition) is 4. The number of rotatable bonds is 3. The van der Waals surface area contributed by atoms with Crippen molar-refractivity contribution in [1.29, 1.82) is 5.26 Å². The zero-order chi connectivity index (χ0) is 14.7. The molecule has 2 rings (SSSR count). The topological polar surface area (TPSA) is 61.9 Å². The number of nitrogens with zero attached hydrogens (tertiary/aromatic N) is 4. The summed E-state index contributed by atoms with van der Waals surface area (Å²) in [6.07, 6.45) is 4.70. The van der Waals surface area contributed by atoms with Gasteiger partial charge in [0.15, 0.2) is 0 Å². The molecule has 1 fully saturated rings. The van der Waals surface area contributed by atoms with Crippen LogP contribution in [-0.4, -0.2) is 27.3 Å². The molecule has 5 nitrogen and oxygen atoms in total. The van der Waals surface area contributed by atoms with Crippen LogP contribution < -0.4 is 5.56 Å². The van der Waals surface area contributed by atoms with E-state index in [1.54, 1.807) is 6.92 Å². The molecule has 0 bridgehead atoms. The van der Waals surface area contributed by atoms with E-state index >= 15 is 0 Å². The highest BCUT2D eigenvalue weighted by atomic mass is 16.1. The molecular formula is C15H22N4O. The van der Waals surface area contributed by atoms with Gasteiger partial charge in [0.2, 0.25) is 0 Å². The van der Waals surface area contributed by atoms with Crippen molar-refractivity contribution in [3.05, 3.63) is 27.2 Å². The van der Waals surface area contributed by atoms with Crippen LogP contribution in [-0.2, 0) is 6.67 Å². The van der Waals surface area contributed by atoms with Crippen molar-refractivity contribution >= 4 is 0 Å². The number of aryl methyl sites for hydroxylation is 1. The van der Waals surface area contributed by atoms with Crippen molar-refractivity contribution in [2.24, 2.45) is 0 Å². The molecule has 0 N–H and O–H groups in total. The lowest BCUT2D eigenvalue weighted by Gasteiger charge is -2.35. The number of aromatic nitrogens is 2. The summed E-state index contributed by atoms with van der Waals surface area (Å²) in [7, 11) is 0. The molecule has 0 saturated carbocycles. The van der Waals surface area contributed by atoms with E-state index in [0.717, 1.165) is 18.7 Å². The van der Waals surface area contributed by atoms with Gasteiger partial charge in [-0.25, -0.2) is 4.68 Å². The van der Waals surface area contributed by atoms with E-state index in [1.165, 1.54) is 23.9 Å². The molecule has 0 radical (unpaired) electrons. The minimum atomic E-state index is -0.268. The van der Waals surface area contributed by atoms with Crippen molar-refractivity contribution in [1.82, 2.24) is 14.7 Å². The first-order chi connectivity index (χ1) is 9.58. The Morgan fingerprint density at radius 2 is 2.15 bits per heavy atom. The van der Waals surface area contributed by atoms with Gasteiger partial charge in [0, 0.05) is 12.6 Å². The second-order valence-corrected chi connectivity index (χ2v) is 5.51. The molecule has 20 heavy (non-hydrogen) atoms. The summed E-state index contributed by atoms with van der Waals surface area (Å²) in [6, 6.07) is 2.53. The minimum absolute atomic E-state index is 0.225. The Bertz CT molecular complexity index is 585. The molecule has 0 aliphatic carbocycles. The van der Waals surface area contributed by atoms with E-state index in [1.807, 2.05) is 13.0 Å². The van der Waals surface area contributed by atoms with Crippen LogP contribution >= 0.6 is 0 Å². The Morgan fingerprint density at radius 3 is 2.80 bits per heavy atom. The van der Waals surface area contributed by atoms with Gasteiger partial charge in [-0.1, -0.05) is 13.3 Å². The molecule has 1 atom stereocenters. The lowest BCUT2D eigenvalue weighted by Crippen LogP contribution is -2.43. The molecule has 0 spiro atoms. The summed E-state index contributed by atoms with van der Waals surface area (Å²) in [6.45, 7) is 7.30. The van der Waals surface area contributed by atoms with Crippen LogP contribution in [0.2, 0.25) is 0 Å². The van der Waals surface area contributed by atoms with E-state index in [0.29, 0.717) is 18.3 Å². The van der Waals surface area contributed by atoms with E-state index in [9.17, 15) is 4.79 Å². The lowest BCUT2D eigenvalue weighted by atomic mass is 10.0. The predicted molar refractivity (Wildman–Crippen MR) is 77.3 cm³/mol. The average Bonchev–Trinajstić information content (AvgIpc) is 2.46. The third-order valence-corrected chi connectivity index (χ3v) is 4.28. The Kier molecular flexibility index (Phi) is 4.56. The predicted octanol–water partition coefficient (Wildman–Crippen LogP) is 1.95. The summed E-state index contributed by atoms with van der Waals surface area (Å²) in [5.41, 5.74) is 1.41. The standard InChI is InChI=1S/C15H22N4O/c1-4-13-7-5-6-8-18(13)10-19-15(20)14(9-16)11(2)12(3)17-19/h13H,4-8,10H2,1-3H3/t13-/m1/s1. The Labute approximate surface area is 119 Å². The van der Waals surface area contributed by atoms with Crippen molar-refractivity contribution in [3.63, 3.8) is 0 Å². The van der Waals surface area contributed by atoms with Crippen LogP contribution in [0.4, 0.5) is 0 Å². The fourth-order valence-corrected chi connectivity index (χ4v) is 2.88. The highest BCUT2D eigenvalue weighted by Crippen LogP contribution is 2.19. The summed E-state index contributed by atoms with van der Waals surface area (Å²) >= 11 is 0. The van der Waals surface area contributed by atoms with Crippen molar-refractivity contribution in [2.45, 2.75) is 59.2 Å². The smallest absolute Gasteiger partial charge is 0.281 e. The fraction of sp³-hybridized carbons (Fsp3) is 0.667. The number of likely N-dealkylation sites (tertiary alicyclic amines) is 1. The Balaban J connectivity index is 2.32. The minimum Gasteiger partial charge on any atom is -0.281 e. The van der Waals surface area contributed by atoms with Crippen LogP contribution in [0.5, 0.6) is 0 Å². The van der Waals surface area contributed by atoms with Gasteiger partial charge in [0.1, 0.15) is 11.6 Å². The maximum atomic E-state index is 12.3. The number of hydrogen-bond donors (Lipinski definition) is 0. The summed E-state index contributed by atoms with van der Waals surface area (Å²) < 4.78 is 1.45. The van der Waals surface area contributed by atoms with Crippen molar-refractivity contribution in [3.8, 4) is 6.07 Å². The maximum absolute atomic E-state index is 12.3. The van der Waals surface area contributed by atoms with Gasteiger partial charge >= 0.3 is 0 Å². The molecule has 2 heterocycles. The second-order valence-electron chi connectivity index (χ2n) is 5.51. The average molecular weight is 274 g/mol. The molecule has 1 aliphatic heterocycles. The van der Waals surface area contributed by atoms with Gasteiger partial charge in [0.25, 0.3) is 5.56 Å². The second kappa shape index (κ2) is 6.19. The van der Waals surface area contributed by atoms with Crippen molar-refractivity contribution in [2.75, 3.05) is 6.54 Å². The van der Waals surface area contributed by atoms with E-state index in [2.05, 4.69) is 16.9 Å². The van der Waals surface area contributed by atoms with Gasteiger partial charge < -0.3 is 0 Å². The van der Waals surface area contributed by atoms with Crippen LogP contribution in [0.25, 0.3) is 0 Å². The van der Waals surface area contributed by atoms with Gasteiger partial charge in [0.05, 0.1) is 12.4 Å². The third-order valence-electron chi connectivity index (χ3n) is 4.28. The van der Waals surface area contributed by atoms with Gasteiger partial charge in [-0.15, -0.1) is 0 Å². The monoisotopic (exact) mass is 274 g/mol. The molecule has 5 heteroatoms. The molecular weight excluding hydrogens is 252 g/mol. The molecule has 1 aromatic rings. The third kappa shape index (κ3) is 2.75. The van der Waals surface area contributed by atoms with Gasteiger partial charge in [-0.05, 0) is 38.7 Å². The first-order valence-corrected chi connectivity index (χ1v) is 7.31. The van der Waals surface area contributed by atoms with Crippen LogP contribution in [0.3, 0.4) is 0 Å². The van der Waals surface area contributed by atoms with E-state index < -0.39 is 0 Å². The maximum Gasteiger partial charge on any atom is 0.286 e. The van der Waals surface area contributed by atoms with Gasteiger partial charge in [-0.3, -0.25) is 9.69 Å². The zero-order valence-corrected chi connectivity index (χ0v) is 12.5. The lowest BCUT2D eigenvalue weighted by molar-refractivity contribution is 0.0984. The van der Waals surface area contributed by atoms with Crippen LogP contribution in [0.15, 0.2) is 4.79 Å². The SMILES string of the molecule is CC[C@@H]1CCCCN1Cn1nc(C)c(C)c(C#N)c1=O. The summed E-state index contributed by atoms with van der Waals surface area (Å²) in [5.74, 6) is 0. The summed E-state index contributed by atoms with van der Waals surface area (Å²) in [4.78, 5) is 14.6. The molecule has 108 valence electrons. The normalized spacial score (nSPS) is 19.8. The largest absolute Gasteiger partial charge is 0.286 e.